The Kier molecular flexibility index (Phi) is 6.15. The third kappa shape index (κ3) is 4.45. The van der Waals surface area contributed by atoms with E-state index in [1.165, 1.54) is 17.1 Å². The van der Waals surface area contributed by atoms with E-state index < -0.39 is 41.9 Å². The van der Waals surface area contributed by atoms with E-state index in [0.717, 1.165) is 9.91 Å². The second-order valence-corrected chi connectivity index (χ2v) is 8.58. The van der Waals surface area contributed by atoms with Crippen LogP contribution in [-0.4, -0.2) is 69.2 Å². The number of imide groups is 1. The van der Waals surface area contributed by atoms with Crippen LogP contribution < -0.4 is 0 Å². The monoisotopic (exact) mass is 429 g/mol. The molecule has 0 saturated carbocycles. The molecule has 0 aromatic heterocycles. The lowest BCUT2D eigenvalue weighted by atomic mass is 10.1. The van der Waals surface area contributed by atoms with Crippen LogP contribution in [0, 0.1) is 0 Å². The van der Waals surface area contributed by atoms with Crippen molar-refractivity contribution in [2.45, 2.75) is 58.6 Å². The molecule has 0 N–H and O–H groups in total. The summed E-state index contributed by atoms with van der Waals surface area (Å²) in [6.45, 7) is 6.68. The summed E-state index contributed by atoms with van der Waals surface area (Å²) in [6.07, 6.45) is 0.518. The number of hydrogen-bond acceptors (Lipinski definition) is 6. The molecular weight excluding hydrogens is 402 g/mol. The number of amides is 4. The lowest BCUT2D eigenvalue weighted by molar-refractivity contribution is -0.174. The van der Waals surface area contributed by atoms with Crippen molar-refractivity contribution in [3.8, 4) is 0 Å². The van der Waals surface area contributed by atoms with Gasteiger partial charge in [-0.1, -0.05) is 19.1 Å². The van der Waals surface area contributed by atoms with E-state index in [0.29, 0.717) is 6.42 Å². The standard InChI is InChI=1S/C22H27N3O6/c1-5-12-23-17(26)11-10-16(21(30)24(23)13-18(27)31-22(2,3)4)25-19(28)14-8-6-7-9-15(14)20(25)29/h6-9,16H,5,10-13H2,1-4H3. The van der Waals surface area contributed by atoms with Crippen LogP contribution >= 0.6 is 0 Å². The van der Waals surface area contributed by atoms with Gasteiger partial charge < -0.3 is 4.74 Å². The Bertz CT molecular complexity index is 900. The Morgan fingerprint density at radius 1 is 1.03 bits per heavy atom. The highest BCUT2D eigenvalue weighted by Crippen LogP contribution is 2.29. The molecule has 1 saturated heterocycles. The van der Waals surface area contributed by atoms with Gasteiger partial charge in [-0.2, -0.15) is 0 Å². The first-order valence-corrected chi connectivity index (χ1v) is 10.4. The summed E-state index contributed by atoms with van der Waals surface area (Å²) < 4.78 is 5.33. The van der Waals surface area contributed by atoms with Gasteiger partial charge in [-0.3, -0.25) is 33.9 Å². The number of carbonyl (C=O) groups is 5. The summed E-state index contributed by atoms with van der Waals surface area (Å²) in [7, 11) is 0. The molecule has 0 bridgehead atoms. The van der Waals surface area contributed by atoms with Gasteiger partial charge in [-0.05, 0) is 45.7 Å². The maximum absolute atomic E-state index is 13.5. The average Bonchev–Trinajstić information content (AvgIpc) is 2.88. The van der Waals surface area contributed by atoms with Gasteiger partial charge in [0.25, 0.3) is 17.7 Å². The Labute approximate surface area is 180 Å². The molecule has 31 heavy (non-hydrogen) atoms. The molecule has 2 heterocycles. The van der Waals surface area contributed by atoms with E-state index in [9.17, 15) is 24.0 Å². The van der Waals surface area contributed by atoms with Crippen LogP contribution in [0.4, 0.5) is 0 Å². The lowest BCUT2D eigenvalue weighted by Crippen LogP contribution is -2.56. The van der Waals surface area contributed by atoms with Gasteiger partial charge in [0.1, 0.15) is 18.2 Å². The van der Waals surface area contributed by atoms with Crippen LogP contribution in [0.1, 0.15) is 67.7 Å². The minimum absolute atomic E-state index is 0.00579. The molecule has 2 aliphatic rings. The highest BCUT2D eigenvalue weighted by molar-refractivity contribution is 6.23. The Balaban J connectivity index is 1.94. The van der Waals surface area contributed by atoms with Crippen LogP contribution in [0.15, 0.2) is 24.3 Å². The summed E-state index contributed by atoms with van der Waals surface area (Å²) in [5.74, 6) is -2.84. The van der Waals surface area contributed by atoms with E-state index in [2.05, 4.69) is 0 Å². The largest absolute Gasteiger partial charge is 0.459 e. The Morgan fingerprint density at radius 2 is 1.61 bits per heavy atom. The number of rotatable bonds is 5. The van der Waals surface area contributed by atoms with Crippen LogP contribution in [-0.2, 0) is 19.1 Å². The summed E-state index contributed by atoms with van der Waals surface area (Å²) in [5.41, 5.74) is -0.326. The van der Waals surface area contributed by atoms with Crippen LogP contribution in [0.2, 0.25) is 0 Å². The molecule has 1 aromatic carbocycles. The molecule has 9 heteroatoms. The second kappa shape index (κ2) is 8.49. The third-order valence-electron chi connectivity index (χ3n) is 5.02. The summed E-state index contributed by atoms with van der Waals surface area (Å²) >= 11 is 0. The van der Waals surface area contributed by atoms with Crippen LogP contribution in [0.3, 0.4) is 0 Å². The fraction of sp³-hybridized carbons (Fsp3) is 0.500. The molecule has 1 aromatic rings. The zero-order valence-electron chi connectivity index (χ0n) is 18.2. The summed E-state index contributed by atoms with van der Waals surface area (Å²) in [5, 5.41) is 2.26. The first-order valence-electron chi connectivity index (χ1n) is 10.4. The predicted molar refractivity (Wildman–Crippen MR) is 110 cm³/mol. The number of ether oxygens (including phenoxy) is 1. The normalized spacial score (nSPS) is 19.6. The number of benzene rings is 1. The van der Waals surface area contributed by atoms with Crippen LogP contribution in [0.25, 0.3) is 0 Å². The molecule has 4 amide bonds. The number of nitrogens with zero attached hydrogens (tertiary/aromatic N) is 3. The fourth-order valence-corrected chi connectivity index (χ4v) is 3.79. The van der Waals surface area contributed by atoms with Crippen molar-refractivity contribution in [3.63, 3.8) is 0 Å². The fourth-order valence-electron chi connectivity index (χ4n) is 3.79. The van der Waals surface area contributed by atoms with E-state index in [-0.39, 0.29) is 36.4 Å². The van der Waals surface area contributed by atoms with E-state index in [1.807, 2.05) is 6.92 Å². The van der Waals surface area contributed by atoms with Gasteiger partial charge in [0.15, 0.2) is 0 Å². The van der Waals surface area contributed by atoms with Crippen molar-refractivity contribution in [2.75, 3.05) is 13.1 Å². The minimum Gasteiger partial charge on any atom is -0.459 e. The van der Waals surface area contributed by atoms with E-state index >= 15 is 0 Å². The summed E-state index contributed by atoms with van der Waals surface area (Å²) in [4.78, 5) is 65.5. The van der Waals surface area contributed by atoms with Gasteiger partial charge in [-0.15, -0.1) is 0 Å². The van der Waals surface area contributed by atoms with Crippen molar-refractivity contribution in [2.24, 2.45) is 0 Å². The highest BCUT2D eigenvalue weighted by Gasteiger charge is 2.47. The molecule has 1 fully saturated rings. The maximum Gasteiger partial charge on any atom is 0.328 e. The first-order chi connectivity index (χ1) is 14.5. The molecule has 2 aliphatic heterocycles. The molecule has 166 valence electrons. The quantitative estimate of drug-likeness (QED) is 0.522. The number of carbonyl (C=O) groups excluding carboxylic acids is 5. The van der Waals surface area contributed by atoms with Crippen molar-refractivity contribution in [1.29, 1.82) is 0 Å². The van der Waals surface area contributed by atoms with E-state index in [1.54, 1.807) is 32.9 Å². The topological polar surface area (TPSA) is 104 Å². The van der Waals surface area contributed by atoms with Crippen molar-refractivity contribution >= 4 is 29.6 Å². The number of fused-ring (bicyclic) bond motifs is 1. The van der Waals surface area contributed by atoms with Gasteiger partial charge in [0.05, 0.1) is 11.1 Å². The zero-order valence-corrected chi connectivity index (χ0v) is 18.2. The molecule has 0 spiro atoms. The number of esters is 1. The predicted octanol–water partition coefficient (Wildman–Crippen LogP) is 1.77. The van der Waals surface area contributed by atoms with Gasteiger partial charge in [0, 0.05) is 13.0 Å². The minimum atomic E-state index is -1.18. The molecule has 1 atom stereocenters. The second-order valence-electron chi connectivity index (χ2n) is 8.58. The maximum atomic E-state index is 13.5. The van der Waals surface area contributed by atoms with Gasteiger partial charge in [0.2, 0.25) is 5.91 Å². The molecular formula is C22H27N3O6. The van der Waals surface area contributed by atoms with Gasteiger partial charge >= 0.3 is 5.97 Å². The average molecular weight is 429 g/mol. The molecule has 1 unspecified atom stereocenters. The van der Waals surface area contributed by atoms with Gasteiger partial charge in [-0.25, -0.2) is 5.01 Å². The van der Waals surface area contributed by atoms with Crippen molar-refractivity contribution in [3.05, 3.63) is 35.4 Å². The van der Waals surface area contributed by atoms with Crippen LogP contribution in [0.5, 0.6) is 0 Å². The van der Waals surface area contributed by atoms with E-state index in [4.69, 9.17) is 4.74 Å². The zero-order chi connectivity index (χ0) is 22.9. The molecule has 3 rings (SSSR count). The molecule has 0 radical (unpaired) electrons. The number of hydrogen-bond donors (Lipinski definition) is 0. The smallest absolute Gasteiger partial charge is 0.328 e. The summed E-state index contributed by atoms with van der Waals surface area (Å²) in [6, 6.07) is 5.17. The Hall–Kier alpha value is -3.23. The molecule has 9 nitrogen and oxygen atoms in total. The van der Waals surface area contributed by atoms with Crippen molar-refractivity contribution in [1.82, 2.24) is 14.9 Å². The SMILES string of the molecule is CCCN1C(=O)CCC(N2C(=O)c3ccccc3C2=O)C(=O)N1CC(=O)OC(C)(C)C. The van der Waals surface area contributed by atoms with Crippen molar-refractivity contribution < 1.29 is 28.7 Å². The number of hydrazine groups is 1. The Morgan fingerprint density at radius 3 is 2.13 bits per heavy atom. The molecule has 0 aliphatic carbocycles. The highest BCUT2D eigenvalue weighted by atomic mass is 16.6. The lowest BCUT2D eigenvalue weighted by Gasteiger charge is -2.35. The third-order valence-corrected chi connectivity index (χ3v) is 5.02. The first kappa shape index (κ1) is 22.5.